The SMILES string of the molecule is NC(=O)C(c1cccnc1)c1ccc(N2CCC(F)(F)C2)nc1NCCc1cccc(F)c1. The van der Waals surface area contributed by atoms with Gasteiger partial charge in [0.2, 0.25) is 5.91 Å². The largest absolute Gasteiger partial charge is 0.369 e. The molecule has 1 amide bonds. The Bertz CT molecular complexity index is 1130. The molecule has 1 aromatic carbocycles. The summed E-state index contributed by atoms with van der Waals surface area (Å²) in [6, 6.07) is 13.0. The van der Waals surface area contributed by atoms with E-state index in [0.29, 0.717) is 35.7 Å². The molecule has 0 spiro atoms. The first kappa shape index (κ1) is 22.6. The van der Waals surface area contributed by atoms with E-state index in [4.69, 9.17) is 5.73 Å². The average molecular weight is 455 g/mol. The molecule has 3 aromatic rings. The van der Waals surface area contributed by atoms with Crippen LogP contribution in [0.3, 0.4) is 0 Å². The molecule has 0 aliphatic carbocycles. The van der Waals surface area contributed by atoms with Gasteiger partial charge in [-0.15, -0.1) is 0 Å². The highest BCUT2D eigenvalue weighted by Crippen LogP contribution is 2.34. The van der Waals surface area contributed by atoms with Crippen LogP contribution < -0.4 is 16.0 Å². The van der Waals surface area contributed by atoms with Crippen LogP contribution in [0.1, 0.15) is 29.0 Å². The third-order valence-electron chi connectivity index (χ3n) is 5.61. The number of nitrogens with zero attached hydrogens (tertiary/aromatic N) is 3. The molecule has 3 heterocycles. The number of nitrogens with one attached hydrogen (secondary N) is 1. The number of alkyl halides is 2. The zero-order valence-corrected chi connectivity index (χ0v) is 17.8. The van der Waals surface area contributed by atoms with Gasteiger partial charge in [-0.2, -0.15) is 0 Å². The van der Waals surface area contributed by atoms with E-state index < -0.39 is 24.3 Å². The molecule has 2 aromatic heterocycles. The molecule has 1 fully saturated rings. The first-order valence-electron chi connectivity index (χ1n) is 10.6. The van der Waals surface area contributed by atoms with Gasteiger partial charge in [0.1, 0.15) is 17.5 Å². The van der Waals surface area contributed by atoms with Crippen molar-refractivity contribution in [1.29, 1.82) is 0 Å². The summed E-state index contributed by atoms with van der Waals surface area (Å²) in [6.45, 7) is 0.162. The maximum Gasteiger partial charge on any atom is 0.266 e. The number of hydrogen-bond donors (Lipinski definition) is 2. The molecule has 0 saturated carbocycles. The Morgan fingerprint density at radius 2 is 2.06 bits per heavy atom. The molecule has 0 bridgehead atoms. The van der Waals surface area contributed by atoms with Gasteiger partial charge in [-0.25, -0.2) is 18.2 Å². The highest BCUT2D eigenvalue weighted by molar-refractivity contribution is 5.87. The van der Waals surface area contributed by atoms with Gasteiger partial charge in [0.05, 0.1) is 12.5 Å². The topological polar surface area (TPSA) is 84.1 Å². The number of anilines is 2. The smallest absolute Gasteiger partial charge is 0.266 e. The van der Waals surface area contributed by atoms with E-state index in [0.717, 1.165) is 5.56 Å². The van der Waals surface area contributed by atoms with Gasteiger partial charge >= 0.3 is 0 Å². The first-order valence-corrected chi connectivity index (χ1v) is 10.6. The second-order valence-corrected chi connectivity index (χ2v) is 8.06. The minimum Gasteiger partial charge on any atom is -0.369 e. The van der Waals surface area contributed by atoms with E-state index in [1.165, 1.54) is 17.0 Å². The lowest BCUT2D eigenvalue weighted by Gasteiger charge is -2.22. The Balaban J connectivity index is 1.65. The molecule has 6 nitrogen and oxygen atoms in total. The molecule has 3 N–H and O–H groups in total. The number of carbonyl (C=O) groups is 1. The second kappa shape index (κ2) is 9.48. The average Bonchev–Trinajstić information content (AvgIpc) is 3.15. The van der Waals surface area contributed by atoms with Crippen molar-refractivity contribution < 1.29 is 18.0 Å². The summed E-state index contributed by atoms with van der Waals surface area (Å²) >= 11 is 0. The van der Waals surface area contributed by atoms with Crippen molar-refractivity contribution in [3.63, 3.8) is 0 Å². The number of hydrogen-bond acceptors (Lipinski definition) is 5. The van der Waals surface area contributed by atoms with Crippen LogP contribution in [0.25, 0.3) is 0 Å². The third kappa shape index (κ3) is 5.42. The lowest BCUT2D eigenvalue weighted by Crippen LogP contribution is -2.27. The quantitative estimate of drug-likeness (QED) is 0.541. The van der Waals surface area contributed by atoms with E-state index in [9.17, 15) is 18.0 Å². The lowest BCUT2D eigenvalue weighted by molar-refractivity contribution is -0.118. The van der Waals surface area contributed by atoms with E-state index in [1.807, 2.05) is 6.07 Å². The van der Waals surface area contributed by atoms with Crippen LogP contribution in [0.5, 0.6) is 0 Å². The van der Waals surface area contributed by atoms with Gasteiger partial charge in [-0.1, -0.05) is 24.3 Å². The van der Waals surface area contributed by atoms with Crippen LogP contribution in [0.15, 0.2) is 60.9 Å². The number of halogens is 3. The zero-order chi connectivity index (χ0) is 23.4. The van der Waals surface area contributed by atoms with Crippen molar-refractivity contribution in [2.75, 3.05) is 29.9 Å². The predicted octanol–water partition coefficient (Wildman–Crippen LogP) is 3.73. The van der Waals surface area contributed by atoms with E-state index >= 15 is 0 Å². The molecular formula is C24H24F3N5O. The van der Waals surface area contributed by atoms with Crippen molar-refractivity contribution in [2.24, 2.45) is 5.73 Å². The van der Waals surface area contributed by atoms with E-state index in [-0.39, 0.29) is 18.8 Å². The van der Waals surface area contributed by atoms with Crippen molar-refractivity contribution >= 4 is 17.5 Å². The van der Waals surface area contributed by atoms with Crippen molar-refractivity contribution in [1.82, 2.24) is 9.97 Å². The predicted molar refractivity (Wildman–Crippen MR) is 120 cm³/mol. The lowest BCUT2D eigenvalue weighted by atomic mass is 9.92. The molecule has 33 heavy (non-hydrogen) atoms. The van der Waals surface area contributed by atoms with Crippen molar-refractivity contribution in [3.8, 4) is 0 Å². The second-order valence-electron chi connectivity index (χ2n) is 8.06. The number of primary amides is 1. The zero-order valence-electron chi connectivity index (χ0n) is 17.8. The van der Waals surface area contributed by atoms with Crippen LogP contribution in [0, 0.1) is 5.82 Å². The van der Waals surface area contributed by atoms with Crippen LogP contribution in [0.2, 0.25) is 0 Å². The van der Waals surface area contributed by atoms with E-state index in [1.54, 1.807) is 42.7 Å². The minimum absolute atomic E-state index is 0.184. The summed E-state index contributed by atoms with van der Waals surface area (Å²) in [7, 11) is 0. The van der Waals surface area contributed by atoms with E-state index in [2.05, 4.69) is 15.3 Å². The molecule has 0 radical (unpaired) electrons. The summed E-state index contributed by atoms with van der Waals surface area (Å²) in [4.78, 5) is 22.6. The summed E-state index contributed by atoms with van der Waals surface area (Å²) < 4.78 is 41.0. The van der Waals surface area contributed by atoms with Gasteiger partial charge in [0.15, 0.2) is 0 Å². The minimum atomic E-state index is -2.77. The Kier molecular flexibility index (Phi) is 6.48. The summed E-state index contributed by atoms with van der Waals surface area (Å²) in [5.74, 6) is -3.74. The fourth-order valence-electron chi connectivity index (χ4n) is 4.00. The normalized spacial score (nSPS) is 15.9. The number of pyridine rings is 2. The molecule has 4 rings (SSSR count). The van der Waals surface area contributed by atoms with Crippen LogP contribution in [-0.4, -0.2) is 41.4 Å². The summed E-state index contributed by atoms with van der Waals surface area (Å²) in [5, 5.41) is 3.20. The molecule has 1 atom stereocenters. The molecule has 1 saturated heterocycles. The molecule has 1 aliphatic heterocycles. The maximum absolute atomic E-state index is 13.8. The van der Waals surface area contributed by atoms with Crippen molar-refractivity contribution in [3.05, 3.63) is 83.4 Å². The number of nitrogens with two attached hydrogens (primary N) is 1. The number of amides is 1. The number of benzene rings is 1. The van der Waals surface area contributed by atoms with Gasteiger partial charge in [0.25, 0.3) is 5.92 Å². The Hall–Kier alpha value is -3.62. The molecule has 1 aliphatic rings. The van der Waals surface area contributed by atoms with Gasteiger partial charge in [-0.3, -0.25) is 9.78 Å². The number of aromatic nitrogens is 2. The summed E-state index contributed by atoms with van der Waals surface area (Å²) in [5.41, 5.74) is 7.63. The van der Waals surface area contributed by atoms with Crippen LogP contribution in [0.4, 0.5) is 24.8 Å². The van der Waals surface area contributed by atoms with Gasteiger partial charge in [0, 0.05) is 37.5 Å². The molecule has 172 valence electrons. The van der Waals surface area contributed by atoms with Gasteiger partial charge in [-0.05, 0) is 41.8 Å². The fourth-order valence-corrected chi connectivity index (χ4v) is 4.00. The first-order chi connectivity index (χ1) is 15.8. The molecular weight excluding hydrogens is 431 g/mol. The Morgan fingerprint density at radius 3 is 2.73 bits per heavy atom. The Labute approximate surface area is 189 Å². The fraction of sp³-hybridized carbons (Fsp3) is 0.292. The summed E-state index contributed by atoms with van der Waals surface area (Å²) in [6.07, 6.45) is 3.41. The molecule has 9 heteroatoms. The molecule has 1 unspecified atom stereocenters. The highest BCUT2D eigenvalue weighted by atomic mass is 19.3. The standard InChI is InChI=1S/C24H24F3N5O/c25-18-5-1-3-16(13-18)8-11-30-23-19(21(22(28)33)17-4-2-10-29-14-17)6-7-20(31-23)32-12-9-24(26,27)15-32/h1-7,10,13-14,21H,8-9,11-12,15H2,(H2,28,33)(H,30,31). The number of carbonyl (C=O) groups excluding carboxylic acids is 1. The highest BCUT2D eigenvalue weighted by Gasteiger charge is 2.39. The van der Waals surface area contributed by atoms with Crippen molar-refractivity contribution in [2.45, 2.75) is 24.7 Å². The maximum atomic E-state index is 13.8. The monoisotopic (exact) mass is 455 g/mol. The third-order valence-corrected chi connectivity index (χ3v) is 5.61. The van der Waals surface area contributed by atoms with Gasteiger partial charge < -0.3 is 16.0 Å². The van der Waals surface area contributed by atoms with Crippen LogP contribution in [-0.2, 0) is 11.2 Å². The number of rotatable bonds is 8. The van der Waals surface area contributed by atoms with Crippen LogP contribution >= 0.6 is 0 Å². The Morgan fingerprint density at radius 1 is 1.21 bits per heavy atom.